The smallest absolute Gasteiger partial charge is 0.301 e. The Morgan fingerprint density at radius 3 is 2.56 bits per heavy atom. The van der Waals surface area contributed by atoms with Crippen LogP contribution in [0.3, 0.4) is 0 Å². The quantitative estimate of drug-likeness (QED) is 0.774. The molecule has 6 heteroatoms. The number of nitrogens with zero attached hydrogens (tertiary/aromatic N) is 1. The summed E-state index contributed by atoms with van der Waals surface area (Å²) >= 11 is 0. The first kappa shape index (κ1) is 14.8. The second-order valence-corrected chi connectivity index (χ2v) is 6.07. The first-order valence-corrected chi connectivity index (χ1v) is 7.46. The number of nitrogens with one attached hydrogen (secondary N) is 1. The van der Waals surface area contributed by atoms with E-state index in [4.69, 9.17) is 5.73 Å². The molecule has 0 unspecified atom stereocenters. The highest BCUT2D eigenvalue weighted by Gasteiger charge is 2.22. The lowest BCUT2D eigenvalue weighted by Crippen LogP contribution is -2.44. The van der Waals surface area contributed by atoms with E-state index in [1.165, 1.54) is 4.31 Å². The molecule has 0 saturated carbocycles. The van der Waals surface area contributed by atoms with Gasteiger partial charge in [0.2, 0.25) is 0 Å². The average molecular weight is 271 g/mol. The summed E-state index contributed by atoms with van der Waals surface area (Å²) in [5, 5.41) is 0. The zero-order chi connectivity index (χ0) is 13.8. The van der Waals surface area contributed by atoms with Gasteiger partial charge in [0.15, 0.2) is 0 Å². The molecular formula is C12H21N3O2S. The van der Waals surface area contributed by atoms with Crippen LogP contribution in [0.2, 0.25) is 0 Å². The van der Waals surface area contributed by atoms with Crippen molar-refractivity contribution < 1.29 is 8.42 Å². The van der Waals surface area contributed by atoms with E-state index in [1.54, 1.807) is 38.1 Å². The fraction of sp³-hybridized carbons (Fsp3) is 0.500. The van der Waals surface area contributed by atoms with Crippen molar-refractivity contribution in [1.29, 1.82) is 0 Å². The third-order valence-corrected chi connectivity index (χ3v) is 4.00. The molecular weight excluding hydrogens is 250 g/mol. The minimum Gasteiger partial charge on any atom is -0.399 e. The molecule has 18 heavy (non-hydrogen) atoms. The highest BCUT2D eigenvalue weighted by Crippen LogP contribution is 2.20. The number of nitrogens with two attached hydrogens (primary N) is 1. The zero-order valence-electron chi connectivity index (χ0n) is 11.1. The summed E-state index contributed by atoms with van der Waals surface area (Å²) in [6, 6.07) is 6.74. The van der Waals surface area contributed by atoms with Crippen LogP contribution in [0.25, 0.3) is 0 Å². The van der Waals surface area contributed by atoms with Crippen molar-refractivity contribution in [2.24, 2.45) is 0 Å². The van der Waals surface area contributed by atoms with Crippen molar-refractivity contribution in [2.45, 2.75) is 33.2 Å². The molecule has 0 aliphatic heterocycles. The Morgan fingerprint density at radius 2 is 2.06 bits per heavy atom. The Balaban J connectivity index is 3.10. The lowest BCUT2D eigenvalue weighted by Gasteiger charge is -2.25. The van der Waals surface area contributed by atoms with Crippen LogP contribution in [0.5, 0.6) is 0 Å². The molecule has 1 rings (SSSR count). The summed E-state index contributed by atoms with van der Waals surface area (Å²) in [7, 11) is -3.53. The normalized spacial score (nSPS) is 11.8. The fourth-order valence-electron chi connectivity index (χ4n) is 1.63. The number of hydrogen-bond donors (Lipinski definition) is 2. The van der Waals surface area contributed by atoms with Crippen molar-refractivity contribution >= 4 is 21.6 Å². The SMILES string of the molecule is CCCN(c1cccc(N)c1)S(=O)(=O)NC(C)C. The molecule has 1 aromatic carbocycles. The Morgan fingerprint density at radius 1 is 1.39 bits per heavy atom. The highest BCUT2D eigenvalue weighted by atomic mass is 32.2. The lowest BCUT2D eigenvalue weighted by atomic mass is 10.3. The van der Waals surface area contributed by atoms with Gasteiger partial charge in [-0.2, -0.15) is 13.1 Å². The fourth-order valence-corrected chi connectivity index (χ4v) is 3.17. The predicted octanol–water partition coefficient (Wildman–Crippen LogP) is 1.73. The minimum absolute atomic E-state index is 0.143. The van der Waals surface area contributed by atoms with Crippen LogP contribution in [-0.2, 0) is 10.2 Å². The maximum absolute atomic E-state index is 12.2. The van der Waals surface area contributed by atoms with E-state index in [0.717, 1.165) is 6.42 Å². The van der Waals surface area contributed by atoms with E-state index in [1.807, 2.05) is 6.92 Å². The van der Waals surface area contributed by atoms with Crippen molar-refractivity contribution in [2.75, 3.05) is 16.6 Å². The highest BCUT2D eigenvalue weighted by molar-refractivity contribution is 7.90. The maximum atomic E-state index is 12.2. The van der Waals surface area contributed by atoms with Crippen LogP contribution in [0.4, 0.5) is 11.4 Å². The first-order chi connectivity index (χ1) is 8.36. The second-order valence-electron chi connectivity index (χ2n) is 4.44. The Hall–Kier alpha value is -1.27. The van der Waals surface area contributed by atoms with Gasteiger partial charge in [0.1, 0.15) is 0 Å². The van der Waals surface area contributed by atoms with E-state index in [2.05, 4.69) is 4.72 Å². The van der Waals surface area contributed by atoms with Gasteiger partial charge < -0.3 is 5.73 Å². The van der Waals surface area contributed by atoms with E-state index in [0.29, 0.717) is 17.9 Å². The van der Waals surface area contributed by atoms with Crippen LogP contribution in [0.1, 0.15) is 27.2 Å². The number of rotatable bonds is 6. The Labute approximate surface area is 109 Å². The van der Waals surface area contributed by atoms with E-state index in [-0.39, 0.29) is 6.04 Å². The average Bonchev–Trinajstić information content (AvgIpc) is 2.23. The van der Waals surface area contributed by atoms with Gasteiger partial charge in [-0.3, -0.25) is 4.31 Å². The molecule has 0 atom stereocenters. The molecule has 0 saturated heterocycles. The number of anilines is 2. The van der Waals surface area contributed by atoms with Crippen LogP contribution >= 0.6 is 0 Å². The van der Waals surface area contributed by atoms with Crippen molar-refractivity contribution in [3.8, 4) is 0 Å². The number of nitrogen functional groups attached to an aromatic ring is 1. The molecule has 0 aromatic heterocycles. The van der Waals surface area contributed by atoms with E-state index < -0.39 is 10.2 Å². The third-order valence-electron chi connectivity index (χ3n) is 2.26. The van der Waals surface area contributed by atoms with E-state index >= 15 is 0 Å². The second kappa shape index (κ2) is 6.06. The van der Waals surface area contributed by atoms with Crippen LogP contribution < -0.4 is 14.8 Å². The summed E-state index contributed by atoms with van der Waals surface area (Å²) in [6.07, 6.45) is 0.730. The van der Waals surface area contributed by atoms with Gasteiger partial charge in [-0.1, -0.05) is 13.0 Å². The van der Waals surface area contributed by atoms with Gasteiger partial charge >= 0.3 is 10.2 Å². The molecule has 0 radical (unpaired) electrons. The molecule has 0 aliphatic rings. The van der Waals surface area contributed by atoms with E-state index in [9.17, 15) is 8.42 Å². The first-order valence-electron chi connectivity index (χ1n) is 6.02. The summed E-state index contributed by atoms with van der Waals surface area (Å²) in [5.41, 5.74) is 6.83. The van der Waals surface area contributed by atoms with Gasteiger partial charge in [-0.05, 0) is 38.5 Å². The Kier molecular flexibility index (Phi) is 4.98. The molecule has 5 nitrogen and oxygen atoms in total. The zero-order valence-corrected chi connectivity index (χ0v) is 11.9. The van der Waals surface area contributed by atoms with Crippen molar-refractivity contribution in [3.63, 3.8) is 0 Å². The summed E-state index contributed by atoms with van der Waals surface area (Å²) in [5.74, 6) is 0. The van der Waals surface area contributed by atoms with Gasteiger partial charge in [0.05, 0.1) is 5.69 Å². The third kappa shape index (κ3) is 3.89. The number of benzene rings is 1. The molecule has 0 amide bonds. The molecule has 0 heterocycles. The molecule has 0 spiro atoms. The largest absolute Gasteiger partial charge is 0.399 e. The topological polar surface area (TPSA) is 75.4 Å². The summed E-state index contributed by atoms with van der Waals surface area (Å²) in [4.78, 5) is 0. The predicted molar refractivity (Wildman–Crippen MR) is 75.7 cm³/mol. The van der Waals surface area contributed by atoms with Crippen LogP contribution in [-0.4, -0.2) is 21.0 Å². The van der Waals surface area contributed by atoms with Gasteiger partial charge in [0.25, 0.3) is 0 Å². The van der Waals surface area contributed by atoms with Crippen LogP contribution in [0, 0.1) is 0 Å². The molecule has 102 valence electrons. The number of hydrogen-bond acceptors (Lipinski definition) is 3. The summed E-state index contributed by atoms with van der Waals surface area (Å²) < 4.78 is 28.4. The summed E-state index contributed by atoms with van der Waals surface area (Å²) in [6.45, 7) is 5.94. The molecule has 1 aromatic rings. The van der Waals surface area contributed by atoms with Crippen molar-refractivity contribution in [1.82, 2.24) is 4.72 Å². The van der Waals surface area contributed by atoms with Crippen molar-refractivity contribution in [3.05, 3.63) is 24.3 Å². The van der Waals surface area contributed by atoms with Gasteiger partial charge in [-0.15, -0.1) is 0 Å². The molecule has 0 bridgehead atoms. The maximum Gasteiger partial charge on any atom is 0.301 e. The molecule has 0 fully saturated rings. The standard InChI is InChI=1S/C12H21N3O2S/c1-4-8-15(18(16,17)14-10(2)3)12-7-5-6-11(13)9-12/h5-7,9-10,14H,4,8,13H2,1-3H3. The van der Waals surface area contributed by atoms with Crippen LogP contribution in [0.15, 0.2) is 24.3 Å². The minimum atomic E-state index is -3.53. The monoisotopic (exact) mass is 271 g/mol. The Bertz CT molecular complexity index is 486. The van der Waals surface area contributed by atoms with Gasteiger partial charge in [0, 0.05) is 18.3 Å². The lowest BCUT2D eigenvalue weighted by molar-refractivity contribution is 0.564. The molecule has 0 aliphatic carbocycles. The van der Waals surface area contributed by atoms with Gasteiger partial charge in [-0.25, -0.2) is 0 Å². The molecule has 3 N–H and O–H groups in total.